The van der Waals surface area contributed by atoms with E-state index in [1.54, 1.807) is 7.11 Å². The molecule has 134 valence electrons. The standard InChI is InChI=1S/C21H22ClN3O/c1-14-9-10-16(13-19(14)22)25-21-18(8-3-4-11-23-21)20(24-25)15-6-5-7-17(12-15)26-2/h5-7,9-10,12-13,23H,3-4,8,11H2,1-2H3. The first-order valence-corrected chi connectivity index (χ1v) is 9.32. The average Bonchev–Trinajstić information content (AvgIpc) is 2.85. The molecule has 0 unspecified atom stereocenters. The molecule has 26 heavy (non-hydrogen) atoms. The van der Waals surface area contributed by atoms with Crippen molar-refractivity contribution < 1.29 is 4.74 Å². The second-order valence-corrected chi connectivity index (χ2v) is 7.04. The molecule has 2 aromatic carbocycles. The van der Waals surface area contributed by atoms with Gasteiger partial charge in [-0.25, -0.2) is 4.68 Å². The normalized spacial score (nSPS) is 13.7. The number of nitrogens with zero attached hydrogens (tertiary/aromatic N) is 2. The molecule has 3 aromatic rings. The third-order valence-corrected chi connectivity index (χ3v) is 5.28. The highest BCUT2D eigenvalue weighted by Gasteiger charge is 2.22. The van der Waals surface area contributed by atoms with Gasteiger partial charge in [0, 0.05) is 22.7 Å². The van der Waals surface area contributed by atoms with Crippen LogP contribution in [0.3, 0.4) is 0 Å². The van der Waals surface area contributed by atoms with E-state index in [1.807, 2.05) is 41.9 Å². The maximum atomic E-state index is 6.36. The largest absolute Gasteiger partial charge is 0.497 e. The van der Waals surface area contributed by atoms with Crippen LogP contribution in [0.5, 0.6) is 5.75 Å². The Hall–Kier alpha value is -2.46. The summed E-state index contributed by atoms with van der Waals surface area (Å²) in [5.41, 5.74) is 5.37. The van der Waals surface area contributed by atoms with Crippen LogP contribution in [-0.4, -0.2) is 23.4 Å². The fraction of sp³-hybridized carbons (Fsp3) is 0.286. The van der Waals surface area contributed by atoms with Crippen molar-refractivity contribution in [3.05, 3.63) is 58.6 Å². The number of hydrogen-bond acceptors (Lipinski definition) is 3. The van der Waals surface area contributed by atoms with Crippen LogP contribution < -0.4 is 10.1 Å². The molecule has 4 nitrogen and oxygen atoms in total. The van der Waals surface area contributed by atoms with E-state index in [2.05, 4.69) is 17.4 Å². The van der Waals surface area contributed by atoms with Gasteiger partial charge in [-0.15, -0.1) is 0 Å². The summed E-state index contributed by atoms with van der Waals surface area (Å²) in [5, 5.41) is 9.28. The summed E-state index contributed by atoms with van der Waals surface area (Å²) < 4.78 is 7.38. The van der Waals surface area contributed by atoms with Crippen molar-refractivity contribution in [2.75, 3.05) is 19.0 Å². The van der Waals surface area contributed by atoms with E-state index in [1.165, 1.54) is 5.56 Å². The summed E-state index contributed by atoms with van der Waals surface area (Å²) >= 11 is 6.36. The van der Waals surface area contributed by atoms with E-state index in [9.17, 15) is 0 Å². The Labute approximate surface area is 158 Å². The van der Waals surface area contributed by atoms with Gasteiger partial charge in [-0.2, -0.15) is 5.10 Å². The van der Waals surface area contributed by atoms with Crippen molar-refractivity contribution in [2.24, 2.45) is 0 Å². The smallest absolute Gasteiger partial charge is 0.133 e. The monoisotopic (exact) mass is 367 g/mol. The Bertz CT molecular complexity index is 948. The Kier molecular flexibility index (Phi) is 4.60. The van der Waals surface area contributed by atoms with Crippen LogP contribution in [0.1, 0.15) is 24.0 Å². The lowest BCUT2D eigenvalue weighted by molar-refractivity contribution is 0.415. The first-order valence-electron chi connectivity index (χ1n) is 8.94. The highest BCUT2D eigenvalue weighted by Crippen LogP contribution is 2.35. The molecular formula is C21H22ClN3O. The van der Waals surface area contributed by atoms with Crippen molar-refractivity contribution in [1.82, 2.24) is 9.78 Å². The van der Waals surface area contributed by atoms with E-state index in [0.29, 0.717) is 0 Å². The number of nitrogens with one attached hydrogen (secondary N) is 1. The highest BCUT2D eigenvalue weighted by molar-refractivity contribution is 6.31. The lowest BCUT2D eigenvalue weighted by Gasteiger charge is -2.10. The van der Waals surface area contributed by atoms with Gasteiger partial charge in [-0.1, -0.05) is 29.8 Å². The molecule has 4 rings (SSSR count). The molecule has 0 amide bonds. The molecule has 0 spiro atoms. The van der Waals surface area contributed by atoms with Crippen LogP contribution in [0.15, 0.2) is 42.5 Å². The van der Waals surface area contributed by atoms with Gasteiger partial charge in [0.05, 0.1) is 18.5 Å². The van der Waals surface area contributed by atoms with E-state index in [4.69, 9.17) is 21.4 Å². The Morgan fingerprint density at radius 3 is 2.85 bits per heavy atom. The van der Waals surface area contributed by atoms with Gasteiger partial charge in [0.25, 0.3) is 0 Å². The number of benzene rings is 2. The summed E-state index contributed by atoms with van der Waals surface area (Å²) in [7, 11) is 1.69. The minimum atomic E-state index is 0.753. The number of halogens is 1. The first-order chi connectivity index (χ1) is 12.7. The maximum absolute atomic E-state index is 6.36. The number of rotatable bonds is 3. The molecule has 1 aromatic heterocycles. The third-order valence-electron chi connectivity index (χ3n) is 4.87. The van der Waals surface area contributed by atoms with Crippen molar-refractivity contribution in [3.63, 3.8) is 0 Å². The zero-order valence-electron chi connectivity index (χ0n) is 15.1. The summed E-state index contributed by atoms with van der Waals surface area (Å²) in [6.07, 6.45) is 3.31. The van der Waals surface area contributed by atoms with Gasteiger partial charge in [-0.05, 0) is 56.0 Å². The van der Waals surface area contributed by atoms with Crippen LogP contribution in [0, 0.1) is 6.92 Å². The maximum Gasteiger partial charge on any atom is 0.133 e. The Morgan fingerprint density at radius 1 is 1.15 bits per heavy atom. The molecule has 0 atom stereocenters. The molecule has 0 bridgehead atoms. The molecule has 0 saturated heterocycles. The van der Waals surface area contributed by atoms with E-state index in [-0.39, 0.29) is 0 Å². The van der Waals surface area contributed by atoms with Crippen molar-refractivity contribution in [3.8, 4) is 22.7 Å². The lowest BCUT2D eigenvalue weighted by atomic mass is 10.0. The fourth-order valence-corrected chi connectivity index (χ4v) is 3.58. The minimum Gasteiger partial charge on any atom is -0.497 e. The fourth-order valence-electron chi connectivity index (χ4n) is 3.40. The first kappa shape index (κ1) is 17.0. The van der Waals surface area contributed by atoms with Crippen molar-refractivity contribution in [1.29, 1.82) is 0 Å². The molecule has 2 heterocycles. The summed E-state index contributed by atoms with van der Waals surface area (Å²) in [6.45, 7) is 2.96. The van der Waals surface area contributed by atoms with Crippen LogP contribution in [0.2, 0.25) is 5.02 Å². The zero-order valence-corrected chi connectivity index (χ0v) is 15.8. The molecule has 0 aliphatic carbocycles. The van der Waals surface area contributed by atoms with Gasteiger partial charge in [0.2, 0.25) is 0 Å². The predicted octanol–water partition coefficient (Wildman–Crippen LogP) is 5.26. The van der Waals surface area contributed by atoms with Gasteiger partial charge in [-0.3, -0.25) is 0 Å². The summed E-state index contributed by atoms with van der Waals surface area (Å²) in [4.78, 5) is 0. The van der Waals surface area contributed by atoms with Crippen LogP contribution in [-0.2, 0) is 6.42 Å². The Morgan fingerprint density at radius 2 is 2.04 bits per heavy atom. The van der Waals surface area contributed by atoms with Gasteiger partial charge in [0.1, 0.15) is 11.6 Å². The average molecular weight is 368 g/mol. The van der Waals surface area contributed by atoms with Gasteiger partial charge < -0.3 is 10.1 Å². The van der Waals surface area contributed by atoms with Crippen LogP contribution >= 0.6 is 11.6 Å². The van der Waals surface area contributed by atoms with Crippen molar-refractivity contribution >= 4 is 17.4 Å². The molecule has 0 saturated carbocycles. The van der Waals surface area contributed by atoms with Crippen LogP contribution in [0.25, 0.3) is 16.9 Å². The number of ether oxygens (including phenoxy) is 1. The lowest BCUT2D eigenvalue weighted by Crippen LogP contribution is -2.07. The topological polar surface area (TPSA) is 39.1 Å². The number of methoxy groups -OCH3 is 1. The van der Waals surface area contributed by atoms with Crippen molar-refractivity contribution in [2.45, 2.75) is 26.2 Å². The second kappa shape index (κ2) is 7.04. The second-order valence-electron chi connectivity index (χ2n) is 6.64. The number of hydrogen-bond donors (Lipinski definition) is 1. The van der Waals surface area contributed by atoms with Crippen LogP contribution in [0.4, 0.5) is 5.82 Å². The third kappa shape index (κ3) is 3.06. The quantitative estimate of drug-likeness (QED) is 0.686. The predicted molar refractivity (Wildman–Crippen MR) is 107 cm³/mol. The number of aromatic nitrogens is 2. The summed E-state index contributed by atoms with van der Waals surface area (Å²) in [6, 6.07) is 14.2. The highest BCUT2D eigenvalue weighted by atomic mass is 35.5. The Balaban J connectivity index is 1.90. The molecule has 0 fully saturated rings. The number of fused-ring (bicyclic) bond motifs is 1. The molecule has 5 heteroatoms. The zero-order chi connectivity index (χ0) is 18.1. The van der Waals surface area contributed by atoms with Gasteiger partial charge in [0.15, 0.2) is 0 Å². The van der Waals surface area contributed by atoms with E-state index in [0.717, 1.165) is 64.9 Å². The number of aryl methyl sites for hydroxylation is 1. The molecule has 0 radical (unpaired) electrons. The van der Waals surface area contributed by atoms with E-state index < -0.39 is 0 Å². The SMILES string of the molecule is COc1cccc(-c2nn(-c3ccc(C)c(Cl)c3)c3c2CCCCN3)c1. The van der Waals surface area contributed by atoms with Gasteiger partial charge >= 0.3 is 0 Å². The minimum absolute atomic E-state index is 0.753. The number of anilines is 1. The molecular weight excluding hydrogens is 346 g/mol. The molecule has 1 aliphatic rings. The molecule has 1 aliphatic heterocycles. The molecule has 1 N–H and O–H groups in total. The summed E-state index contributed by atoms with van der Waals surface area (Å²) in [5.74, 6) is 1.91. The van der Waals surface area contributed by atoms with E-state index >= 15 is 0 Å².